The van der Waals surface area contributed by atoms with Crippen molar-refractivity contribution in [3.05, 3.63) is 58.1 Å². The average molecular weight is 996 g/mol. The summed E-state index contributed by atoms with van der Waals surface area (Å²) in [6.07, 6.45) is 2.12. The Labute approximate surface area is 500 Å². The molecule has 0 aliphatic carbocycles. The van der Waals surface area contributed by atoms with E-state index in [0.29, 0.717) is 0 Å². The van der Waals surface area contributed by atoms with Gasteiger partial charge in [-0.25, -0.2) is 33.7 Å². The van der Waals surface area contributed by atoms with E-state index in [9.17, 15) is 51.9 Å². The molecule has 2 aromatic heterocycles. The molecule has 4 rings (SSSR count). The van der Waals surface area contributed by atoms with Crippen molar-refractivity contribution in [2.24, 2.45) is 0 Å². The summed E-state index contributed by atoms with van der Waals surface area (Å²) in [5.74, 6) is -2.60. The number of rotatable bonds is 16. The third-order valence-electron chi connectivity index (χ3n) is 6.01. The third-order valence-corrected chi connectivity index (χ3v) is 9.54. The maximum Gasteiger partial charge on any atom is 1.00 e. The molecule has 2 heterocycles. The zero-order valence-corrected chi connectivity index (χ0v) is 46.7. The standard InChI is InChI=1S/C24H24Cl2N10O12S4.4K/c25-19-31-21(27-7-9-49(37,38)39)35-23(33-19)29-15-5-3-13(17(11-15)51(43,44)45)1-2-14-4-6-16(12-18(14)52(46,47)48)30-24-34-20(26)32-22(36-24)28-8-10-50(40,41)42;;;;/h1-6,11-12H,7-10H2,(H,37,38,39)(H,40,41,42)(H,43,44,45)(H,46,47,48)(H2,27,29,31,33,35)(H2,28,30,32,34,36);;;;/q;4*+1/p-4. The largest absolute Gasteiger partial charge is 1.00 e. The number of nitrogens with zero attached hydrogens (tertiary/aromatic N) is 6. The minimum absolute atomic E-state index is 0. The van der Waals surface area contributed by atoms with Crippen LogP contribution < -0.4 is 227 Å². The Kier molecular flexibility index (Phi) is 26.4. The summed E-state index contributed by atoms with van der Waals surface area (Å²) in [6, 6.07) is 6.69. The monoisotopic (exact) mass is 994 g/mol. The second-order valence-electron chi connectivity index (χ2n) is 9.88. The predicted octanol–water partition coefficient (Wildman–Crippen LogP) is -11.2. The molecule has 0 radical (unpaired) electrons. The van der Waals surface area contributed by atoms with Crippen LogP contribution in [0.5, 0.6) is 0 Å². The fourth-order valence-corrected chi connectivity index (χ4v) is 6.33. The summed E-state index contributed by atoms with van der Waals surface area (Å²) in [6.45, 7) is -0.733. The van der Waals surface area contributed by atoms with Crippen LogP contribution in [0.2, 0.25) is 10.6 Å². The number of aromatic nitrogens is 6. The Bertz CT molecular complexity index is 2330. The van der Waals surface area contributed by atoms with Gasteiger partial charge in [0, 0.05) is 24.5 Å². The van der Waals surface area contributed by atoms with E-state index in [0.717, 1.165) is 36.4 Å². The van der Waals surface area contributed by atoms with Crippen LogP contribution >= 0.6 is 23.2 Å². The molecule has 4 aromatic rings. The van der Waals surface area contributed by atoms with Crippen molar-refractivity contribution in [3.8, 4) is 0 Å². The topological polar surface area (TPSA) is 354 Å². The minimum atomic E-state index is -5.18. The Balaban J connectivity index is 0.00000756. The maximum absolute atomic E-state index is 12.2. The van der Waals surface area contributed by atoms with E-state index in [1.165, 1.54) is 12.1 Å². The first kappa shape index (κ1) is 58.2. The number of halogens is 2. The molecule has 0 aliphatic heterocycles. The molecule has 0 saturated heterocycles. The number of hydrogen-bond donors (Lipinski definition) is 4. The summed E-state index contributed by atoms with van der Waals surface area (Å²) >= 11 is 11.7. The zero-order valence-electron chi connectivity index (χ0n) is 29.4. The molecule has 0 amide bonds. The van der Waals surface area contributed by atoms with Crippen LogP contribution in [0.3, 0.4) is 0 Å². The van der Waals surface area contributed by atoms with Crippen molar-refractivity contribution < 1.29 is 257 Å². The number of benzene rings is 2. The number of anilines is 6. The second kappa shape index (κ2) is 25.5. The van der Waals surface area contributed by atoms with Gasteiger partial charge in [-0.15, -0.1) is 0 Å². The van der Waals surface area contributed by atoms with E-state index in [4.69, 9.17) is 23.2 Å². The Hall–Kier alpha value is 2.17. The van der Waals surface area contributed by atoms with Crippen LogP contribution in [0.15, 0.2) is 46.2 Å². The van der Waals surface area contributed by atoms with Crippen molar-refractivity contribution in [1.29, 1.82) is 0 Å². The maximum atomic E-state index is 12.2. The molecule has 4 N–H and O–H groups in total. The normalized spacial score (nSPS) is 11.6. The van der Waals surface area contributed by atoms with Gasteiger partial charge in [-0.1, -0.05) is 24.3 Å². The first-order chi connectivity index (χ1) is 24.0. The molecule has 0 aliphatic rings. The molecule has 56 heavy (non-hydrogen) atoms. The first-order valence-electron chi connectivity index (χ1n) is 13.6. The van der Waals surface area contributed by atoms with Crippen molar-refractivity contribution in [2.45, 2.75) is 9.79 Å². The number of hydrogen-bond acceptors (Lipinski definition) is 22. The van der Waals surface area contributed by atoms with E-state index >= 15 is 0 Å². The van der Waals surface area contributed by atoms with E-state index in [-0.39, 0.29) is 275 Å². The molecule has 0 unspecified atom stereocenters. The molecule has 32 heteroatoms. The quantitative estimate of drug-likeness (QED) is 0.0460. The van der Waals surface area contributed by atoms with Gasteiger partial charge >= 0.3 is 206 Å². The summed E-state index contributed by atoms with van der Waals surface area (Å²) in [7, 11) is -19.5. The van der Waals surface area contributed by atoms with Crippen molar-refractivity contribution >= 4 is 111 Å². The molecule has 0 saturated carbocycles. The van der Waals surface area contributed by atoms with Crippen molar-refractivity contribution in [3.63, 3.8) is 0 Å². The van der Waals surface area contributed by atoms with E-state index < -0.39 is 61.8 Å². The van der Waals surface area contributed by atoms with Gasteiger partial charge in [0.05, 0.1) is 41.5 Å². The third kappa shape index (κ3) is 20.6. The molecule has 0 spiro atoms. The molecule has 0 fully saturated rings. The van der Waals surface area contributed by atoms with E-state index in [2.05, 4.69) is 51.2 Å². The van der Waals surface area contributed by atoms with Gasteiger partial charge in [-0.2, -0.15) is 29.9 Å². The first-order valence-corrected chi connectivity index (χ1v) is 20.4. The Morgan fingerprint density at radius 2 is 0.839 bits per heavy atom. The molecule has 0 atom stereocenters. The van der Waals surface area contributed by atoms with Crippen molar-refractivity contribution in [1.82, 2.24) is 29.9 Å². The molecule has 280 valence electrons. The van der Waals surface area contributed by atoms with Gasteiger partial charge in [0.1, 0.15) is 20.2 Å². The van der Waals surface area contributed by atoms with E-state index in [1.54, 1.807) is 0 Å². The van der Waals surface area contributed by atoms with Crippen LogP contribution in [0.1, 0.15) is 11.1 Å². The molecule has 2 aromatic carbocycles. The summed E-state index contributed by atoms with van der Waals surface area (Å²) in [5.41, 5.74) is -0.548. The molecular formula is C24H20Cl2K4N10O12S4. The van der Waals surface area contributed by atoms with Gasteiger partial charge in [0.2, 0.25) is 34.4 Å². The van der Waals surface area contributed by atoms with Gasteiger partial charge in [-0.05, 0) is 58.6 Å². The second-order valence-corrected chi connectivity index (χ2v) is 16.3. The van der Waals surface area contributed by atoms with Crippen LogP contribution in [0.25, 0.3) is 12.2 Å². The fraction of sp³-hybridized carbons (Fsp3) is 0.167. The SMILES string of the molecule is O=S(=O)([O-])CCNc1nc(Cl)nc(Nc2ccc(C=Cc3ccc(Nc4nc(Cl)nc(NCCS(=O)(=O)[O-])n4)cc3S(=O)(=O)[O-])c(S(=O)(=O)[O-])c2)n1.[K+].[K+].[K+].[K+]. The zero-order chi connectivity index (χ0) is 38.5. The minimum Gasteiger partial charge on any atom is -0.748 e. The number of nitrogens with one attached hydrogen (secondary N) is 4. The van der Waals surface area contributed by atoms with E-state index in [1.807, 2.05) is 0 Å². The fourth-order valence-electron chi connectivity index (χ4n) is 3.92. The smallest absolute Gasteiger partial charge is 0.748 e. The summed E-state index contributed by atoms with van der Waals surface area (Å²) in [5, 5.41) is 9.36. The van der Waals surface area contributed by atoms with Crippen LogP contribution in [-0.2, 0) is 40.5 Å². The van der Waals surface area contributed by atoms with Gasteiger partial charge in [0.25, 0.3) is 0 Å². The van der Waals surface area contributed by atoms with Gasteiger partial charge in [0.15, 0.2) is 0 Å². The molecule has 22 nitrogen and oxygen atoms in total. The van der Waals surface area contributed by atoms with Gasteiger partial charge in [-0.3, -0.25) is 0 Å². The average Bonchev–Trinajstić information content (AvgIpc) is 2.98. The summed E-state index contributed by atoms with van der Waals surface area (Å²) < 4.78 is 138. The van der Waals surface area contributed by atoms with Crippen LogP contribution in [0, 0.1) is 0 Å². The Morgan fingerprint density at radius 1 is 0.518 bits per heavy atom. The van der Waals surface area contributed by atoms with Crippen molar-refractivity contribution in [2.75, 3.05) is 45.9 Å². The Morgan fingerprint density at radius 3 is 1.14 bits per heavy atom. The predicted molar refractivity (Wildman–Crippen MR) is 180 cm³/mol. The molecular weight excluding hydrogens is 976 g/mol. The molecule has 0 bridgehead atoms. The van der Waals surface area contributed by atoms with Crippen LogP contribution in [0.4, 0.5) is 35.2 Å². The summed E-state index contributed by atoms with van der Waals surface area (Å²) in [4.78, 5) is 21.3. The van der Waals surface area contributed by atoms with Crippen LogP contribution in [-0.4, -0.2) is 106 Å². The van der Waals surface area contributed by atoms with Gasteiger partial charge < -0.3 is 39.5 Å².